The molecular formula is C35H31N3O6. The van der Waals surface area contributed by atoms with Gasteiger partial charge in [-0.25, -0.2) is 4.79 Å². The summed E-state index contributed by atoms with van der Waals surface area (Å²) >= 11 is 0. The molecule has 3 N–H and O–H groups in total. The zero-order chi connectivity index (χ0) is 30.9. The van der Waals surface area contributed by atoms with E-state index in [1.807, 2.05) is 24.3 Å². The number of carbonyl (C=O) groups excluding carboxylic acids is 2. The Labute approximate surface area is 255 Å². The van der Waals surface area contributed by atoms with Crippen LogP contribution < -0.4 is 20.1 Å². The lowest BCUT2D eigenvalue weighted by molar-refractivity contribution is -0.115. The lowest BCUT2D eigenvalue weighted by atomic mass is 9.92. The van der Waals surface area contributed by atoms with E-state index in [2.05, 4.69) is 16.7 Å². The maximum Gasteiger partial charge on any atom is 0.337 e. The zero-order valence-electron chi connectivity index (χ0n) is 23.9. The van der Waals surface area contributed by atoms with Gasteiger partial charge >= 0.3 is 5.97 Å². The highest BCUT2D eigenvalue weighted by molar-refractivity contribution is 6.01. The minimum atomic E-state index is -1.10. The highest BCUT2D eigenvalue weighted by Gasteiger charge is 2.24. The van der Waals surface area contributed by atoms with E-state index < -0.39 is 5.97 Å². The number of nitriles is 1. The molecule has 9 nitrogen and oxygen atoms in total. The Bertz CT molecular complexity index is 1670. The topological polar surface area (TPSA) is 138 Å². The van der Waals surface area contributed by atoms with Crippen molar-refractivity contribution in [2.45, 2.75) is 44.2 Å². The van der Waals surface area contributed by atoms with E-state index in [-0.39, 0.29) is 41.6 Å². The normalized spacial score (nSPS) is 15.8. The lowest BCUT2D eigenvalue weighted by Gasteiger charge is -2.29. The molecule has 1 fully saturated rings. The van der Waals surface area contributed by atoms with Crippen LogP contribution >= 0.6 is 0 Å². The number of amides is 2. The van der Waals surface area contributed by atoms with Crippen molar-refractivity contribution in [1.29, 1.82) is 5.26 Å². The van der Waals surface area contributed by atoms with Crippen molar-refractivity contribution < 1.29 is 29.0 Å². The molecule has 0 heterocycles. The van der Waals surface area contributed by atoms with Crippen LogP contribution in [0.15, 0.2) is 97.1 Å². The third-order valence-corrected chi connectivity index (χ3v) is 7.35. The molecule has 1 aliphatic carbocycles. The number of ether oxygens (including phenoxy) is 2. The van der Waals surface area contributed by atoms with E-state index in [1.165, 1.54) is 6.07 Å². The monoisotopic (exact) mass is 589 g/mol. The number of benzene rings is 4. The van der Waals surface area contributed by atoms with Crippen molar-refractivity contribution >= 4 is 23.5 Å². The molecule has 0 saturated heterocycles. The summed E-state index contributed by atoms with van der Waals surface area (Å²) in [6.45, 7) is 0. The molecular weight excluding hydrogens is 558 g/mol. The first-order valence-electron chi connectivity index (χ1n) is 14.3. The predicted molar refractivity (Wildman–Crippen MR) is 164 cm³/mol. The second-order valence-electron chi connectivity index (χ2n) is 10.6. The molecule has 9 heteroatoms. The molecule has 4 aromatic rings. The molecule has 0 aromatic heterocycles. The number of aromatic carboxylic acids is 1. The molecule has 2 amide bonds. The fourth-order valence-corrected chi connectivity index (χ4v) is 5.07. The number of hydrogen-bond donors (Lipinski definition) is 3. The first kappa shape index (κ1) is 29.9. The smallest absolute Gasteiger partial charge is 0.337 e. The summed E-state index contributed by atoms with van der Waals surface area (Å²) in [5, 5.41) is 24.1. The fraction of sp³-hybridized carbons (Fsp3) is 0.200. The Hall–Kier alpha value is -5.62. The quantitative estimate of drug-likeness (QED) is 0.196. The highest BCUT2D eigenvalue weighted by Crippen LogP contribution is 2.28. The molecule has 0 bridgehead atoms. The summed E-state index contributed by atoms with van der Waals surface area (Å²) in [5.74, 6) is 0.404. The number of anilines is 1. The van der Waals surface area contributed by atoms with Crippen molar-refractivity contribution in [3.05, 3.63) is 119 Å². The van der Waals surface area contributed by atoms with Crippen LogP contribution in [0.1, 0.15) is 57.5 Å². The second kappa shape index (κ2) is 14.0. The van der Waals surface area contributed by atoms with Gasteiger partial charge in [-0.05, 0) is 98.0 Å². The van der Waals surface area contributed by atoms with E-state index in [0.29, 0.717) is 22.6 Å². The van der Waals surface area contributed by atoms with Crippen LogP contribution in [-0.2, 0) is 11.2 Å². The molecule has 0 spiro atoms. The Morgan fingerprint density at radius 3 is 2.16 bits per heavy atom. The van der Waals surface area contributed by atoms with Crippen LogP contribution in [0.5, 0.6) is 17.2 Å². The van der Waals surface area contributed by atoms with E-state index in [1.54, 1.807) is 66.7 Å². The maximum atomic E-state index is 12.6. The van der Waals surface area contributed by atoms with Crippen molar-refractivity contribution in [2.24, 2.45) is 0 Å². The van der Waals surface area contributed by atoms with Crippen LogP contribution in [0.4, 0.5) is 5.69 Å². The van der Waals surface area contributed by atoms with Crippen LogP contribution in [0.25, 0.3) is 0 Å². The Kier molecular flexibility index (Phi) is 9.52. The van der Waals surface area contributed by atoms with Crippen molar-refractivity contribution in [1.82, 2.24) is 5.32 Å². The van der Waals surface area contributed by atoms with Crippen molar-refractivity contribution in [3.8, 4) is 23.3 Å². The number of carbonyl (C=O) groups is 3. The first-order valence-corrected chi connectivity index (χ1v) is 14.3. The molecule has 0 atom stereocenters. The molecule has 44 heavy (non-hydrogen) atoms. The summed E-state index contributed by atoms with van der Waals surface area (Å²) in [7, 11) is 0. The summed E-state index contributed by atoms with van der Waals surface area (Å²) < 4.78 is 12.1. The van der Waals surface area contributed by atoms with Gasteiger partial charge in [0.05, 0.1) is 35.4 Å². The standard InChI is InChI=1S/C35H31N3O6/c36-22-24-4-3-5-25(20-24)34(40)37-26-10-14-28(15-11-26)44-30-18-16-29(17-19-30)43-27-12-8-23(9-13-27)21-33(39)38-32-7-2-1-6-31(32)35(41)42/h1-9,12-13,16-20,26,28H,10-11,14-15,21H2,(H,37,40)(H,38,39)(H,41,42). The molecule has 5 rings (SSSR count). The fourth-order valence-electron chi connectivity index (χ4n) is 5.07. The molecule has 0 aliphatic heterocycles. The third-order valence-electron chi connectivity index (χ3n) is 7.35. The summed E-state index contributed by atoms with van der Waals surface area (Å²) in [5.41, 5.74) is 2.01. The van der Waals surface area contributed by atoms with Gasteiger partial charge in [-0.3, -0.25) is 9.59 Å². The SMILES string of the molecule is N#Cc1cccc(C(=O)NC2CCC(Oc3ccc(Oc4ccc(CC(=O)Nc5ccccc5C(=O)O)cc4)cc3)CC2)c1. The molecule has 0 radical (unpaired) electrons. The zero-order valence-corrected chi connectivity index (χ0v) is 23.9. The van der Waals surface area contributed by atoms with Gasteiger partial charge in [0.1, 0.15) is 17.2 Å². The number of nitrogens with zero attached hydrogens (tertiary/aromatic N) is 1. The predicted octanol–water partition coefficient (Wildman–Crippen LogP) is 6.35. The van der Waals surface area contributed by atoms with Crippen LogP contribution in [0, 0.1) is 11.3 Å². The van der Waals surface area contributed by atoms with Gasteiger partial charge in [0.15, 0.2) is 0 Å². The number of para-hydroxylation sites is 1. The number of carboxylic acids is 1. The van der Waals surface area contributed by atoms with Gasteiger partial charge in [-0.15, -0.1) is 0 Å². The van der Waals surface area contributed by atoms with E-state index >= 15 is 0 Å². The van der Waals surface area contributed by atoms with Crippen LogP contribution in [-0.4, -0.2) is 35.0 Å². The lowest BCUT2D eigenvalue weighted by Crippen LogP contribution is -2.39. The van der Waals surface area contributed by atoms with Crippen LogP contribution in [0.3, 0.4) is 0 Å². The first-order chi connectivity index (χ1) is 21.4. The molecule has 222 valence electrons. The van der Waals surface area contributed by atoms with Gasteiger partial charge in [-0.2, -0.15) is 5.26 Å². The van der Waals surface area contributed by atoms with Gasteiger partial charge < -0.3 is 25.2 Å². The molecule has 4 aromatic carbocycles. The Morgan fingerprint density at radius 2 is 1.48 bits per heavy atom. The number of carboxylic acid groups (broad SMARTS) is 1. The average molecular weight is 590 g/mol. The minimum Gasteiger partial charge on any atom is -0.490 e. The van der Waals surface area contributed by atoms with Crippen molar-refractivity contribution in [3.63, 3.8) is 0 Å². The Balaban J connectivity index is 1.06. The minimum absolute atomic E-state index is 0.0372. The van der Waals surface area contributed by atoms with E-state index in [0.717, 1.165) is 37.0 Å². The maximum absolute atomic E-state index is 12.6. The summed E-state index contributed by atoms with van der Waals surface area (Å²) in [6.07, 6.45) is 3.39. The van der Waals surface area contributed by atoms with Crippen LogP contribution in [0.2, 0.25) is 0 Å². The highest BCUT2D eigenvalue weighted by atomic mass is 16.5. The van der Waals surface area contributed by atoms with Gasteiger partial charge in [-0.1, -0.05) is 30.3 Å². The number of rotatable bonds is 10. The van der Waals surface area contributed by atoms with E-state index in [4.69, 9.17) is 14.7 Å². The van der Waals surface area contributed by atoms with E-state index in [9.17, 15) is 19.5 Å². The summed E-state index contributed by atoms with van der Waals surface area (Å²) in [6, 6.07) is 29.6. The second-order valence-corrected chi connectivity index (χ2v) is 10.6. The Morgan fingerprint density at radius 1 is 0.818 bits per heavy atom. The largest absolute Gasteiger partial charge is 0.490 e. The number of nitrogens with one attached hydrogen (secondary N) is 2. The average Bonchev–Trinajstić information content (AvgIpc) is 3.04. The molecule has 1 aliphatic rings. The van der Waals surface area contributed by atoms with Gasteiger partial charge in [0.2, 0.25) is 5.91 Å². The number of hydrogen-bond acceptors (Lipinski definition) is 6. The molecule has 1 saturated carbocycles. The van der Waals surface area contributed by atoms with Gasteiger partial charge in [0.25, 0.3) is 5.91 Å². The van der Waals surface area contributed by atoms with Gasteiger partial charge in [0, 0.05) is 11.6 Å². The summed E-state index contributed by atoms with van der Waals surface area (Å²) in [4.78, 5) is 36.4. The molecule has 0 unspecified atom stereocenters. The van der Waals surface area contributed by atoms with Crippen molar-refractivity contribution in [2.75, 3.05) is 5.32 Å². The third kappa shape index (κ3) is 8.01.